The molecule has 0 saturated carbocycles. The first-order valence-corrected chi connectivity index (χ1v) is 13.6. The minimum Gasteiger partial charge on any atom is -0.353 e. The lowest BCUT2D eigenvalue weighted by atomic mass is 10.0. The zero-order valence-electron chi connectivity index (χ0n) is 22.1. The fourth-order valence-corrected chi connectivity index (χ4v) is 4.02. The number of hydrogen-bond acceptors (Lipinski definition) is 9. The number of benzene rings is 1. The van der Waals surface area contributed by atoms with E-state index in [1.807, 2.05) is 32.9 Å². The number of hydrogen-bond donors (Lipinski definition) is 3. The van der Waals surface area contributed by atoms with Gasteiger partial charge in [-0.3, -0.25) is 13.9 Å². The van der Waals surface area contributed by atoms with Crippen molar-refractivity contribution in [2.24, 2.45) is 0 Å². The van der Waals surface area contributed by atoms with Crippen molar-refractivity contribution in [3.05, 3.63) is 59.2 Å². The number of aryl methyl sites for hydroxylation is 2. The predicted molar refractivity (Wildman–Crippen MR) is 145 cm³/mol. The highest BCUT2D eigenvalue weighted by molar-refractivity contribution is 7.92. The summed E-state index contributed by atoms with van der Waals surface area (Å²) in [5, 5.41) is 6.37. The standard InChI is InChI=1S/C25H33N7O4S/c1-8-36-31-25(33)19-14-26-23(30-24-11-16(4)27-17(5)28-24)13-21(19)29-20-10-9-18(15(2)3)12-22(20)32(6)37(7,34)35/h9-15H,8H2,1-7H3,(H,31,33)(H2,26,27,28,29,30). The molecule has 2 aromatic heterocycles. The van der Waals surface area contributed by atoms with E-state index < -0.39 is 15.9 Å². The average molecular weight is 528 g/mol. The lowest BCUT2D eigenvalue weighted by Crippen LogP contribution is -2.26. The zero-order chi connectivity index (χ0) is 27.3. The number of pyridine rings is 1. The third kappa shape index (κ3) is 7.14. The first-order chi connectivity index (χ1) is 17.4. The van der Waals surface area contributed by atoms with Crippen LogP contribution in [0.15, 0.2) is 36.5 Å². The number of hydroxylamine groups is 1. The molecule has 0 atom stereocenters. The lowest BCUT2D eigenvalue weighted by molar-refractivity contribution is 0.0365. The Labute approximate surface area is 217 Å². The first kappa shape index (κ1) is 27.8. The molecule has 3 rings (SSSR count). The molecule has 0 spiro atoms. The van der Waals surface area contributed by atoms with Crippen molar-refractivity contribution in [1.82, 2.24) is 20.4 Å². The van der Waals surface area contributed by atoms with E-state index in [2.05, 4.69) is 31.1 Å². The molecule has 0 radical (unpaired) electrons. The van der Waals surface area contributed by atoms with Gasteiger partial charge in [-0.2, -0.15) is 0 Å². The summed E-state index contributed by atoms with van der Waals surface area (Å²) in [5.74, 6) is 1.25. The van der Waals surface area contributed by atoms with Crippen molar-refractivity contribution in [2.75, 3.05) is 34.8 Å². The average Bonchev–Trinajstić information content (AvgIpc) is 2.81. The van der Waals surface area contributed by atoms with E-state index >= 15 is 0 Å². The molecule has 12 heteroatoms. The molecule has 0 bridgehead atoms. The van der Waals surface area contributed by atoms with Gasteiger partial charge in [0.2, 0.25) is 10.0 Å². The van der Waals surface area contributed by atoms with Crippen LogP contribution in [0.5, 0.6) is 0 Å². The topological polar surface area (TPSA) is 138 Å². The number of nitrogens with one attached hydrogen (secondary N) is 3. The molecule has 37 heavy (non-hydrogen) atoms. The number of aromatic nitrogens is 3. The molecule has 3 N–H and O–H groups in total. The Kier molecular flexibility index (Phi) is 8.66. The van der Waals surface area contributed by atoms with Crippen LogP contribution in [0.2, 0.25) is 0 Å². The number of anilines is 5. The van der Waals surface area contributed by atoms with Gasteiger partial charge in [-0.1, -0.05) is 19.9 Å². The highest BCUT2D eigenvalue weighted by atomic mass is 32.2. The maximum absolute atomic E-state index is 12.8. The number of sulfonamides is 1. The maximum Gasteiger partial charge on any atom is 0.278 e. The van der Waals surface area contributed by atoms with Gasteiger partial charge in [0.1, 0.15) is 17.5 Å². The van der Waals surface area contributed by atoms with Crippen LogP contribution in [-0.4, -0.2) is 49.2 Å². The minimum absolute atomic E-state index is 0.185. The van der Waals surface area contributed by atoms with Crippen LogP contribution in [0, 0.1) is 13.8 Å². The van der Waals surface area contributed by atoms with Gasteiger partial charge < -0.3 is 10.6 Å². The third-order valence-electron chi connectivity index (χ3n) is 5.47. The van der Waals surface area contributed by atoms with Gasteiger partial charge in [0, 0.05) is 31.1 Å². The molecular weight excluding hydrogens is 494 g/mol. The third-order valence-corrected chi connectivity index (χ3v) is 6.67. The summed E-state index contributed by atoms with van der Waals surface area (Å²) in [6.45, 7) is 9.75. The molecular formula is C25H33N7O4S. The molecule has 11 nitrogen and oxygen atoms in total. The van der Waals surface area contributed by atoms with Crippen molar-refractivity contribution in [1.29, 1.82) is 0 Å². The molecule has 0 aliphatic carbocycles. The normalized spacial score (nSPS) is 11.4. The maximum atomic E-state index is 12.8. The molecule has 3 aromatic rings. The van der Waals surface area contributed by atoms with Gasteiger partial charge >= 0.3 is 0 Å². The Morgan fingerprint density at radius 1 is 1.05 bits per heavy atom. The number of carbonyl (C=O) groups excluding carboxylic acids is 1. The van der Waals surface area contributed by atoms with Crippen LogP contribution in [0.25, 0.3) is 0 Å². The van der Waals surface area contributed by atoms with Gasteiger partial charge in [0.15, 0.2) is 0 Å². The summed E-state index contributed by atoms with van der Waals surface area (Å²) >= 11 is 0. The van der Waals surface area contributed by atoms with Crippen molar-refractivity contribution >= 4 is 44.6 Å². The number of carbonyl (C=O) groups is 1. The Morgan fingerprint density at radius 3 is 2.41 bits per heavy atom. The SMILES string of the molecule is CCONC(=O)c1cnc(Nc2cc(C)nc(C)n2)cc1Nc1ccc(C(C)C)cc1N(C)S(C)(=O)=O. The summed E-state index contributed by atoms with van der Waals surface area (Å²) < 4.78 is 26.0. The summed E-state index contributed by atoms with van der Waals surface area (Å²) in [6, 6.07) is 8.96. The van der Waals surface area contributed by atoms with Crippen LogP contribution < -0.4 is 20.4 Å². The summed E-state index contributed by atoms with van der Waals surface area (Å²) in [4.78, 5) is 30.9. The van der Waals surface area contributed by atoms with E-state index in [0.717, 1.165) is 17.5 Å². The second kappa shape index (κ2) is 11.5. The molecule has 0 unspecified atom stereocenters. The van der Waals surface area contributed by atoms with Crippen molar-refractivity contribution in [2.45, 2.75) is 40.5 Å². The molecule has 2 heterocycles. The number of amides is 1. The predicted octanol–water partition coefficient (Wildman–Crippen LogP) is 4.18. The van der Waals surface area contributed by atoms with E-state index in [1.54, 1.807) is 32.0 Å². The quantitative estimate of drug-likeness (QED) is 0.331. The second-order valence-electron chi connectivity index (χ2n) is 8.83. The van der Waals surface area contributed by atoms with Gasteiger partial charge in [-0.05, 0) is 44.4 Å². The second-order valence-corrected chi connectivity index (χ2v) is 10.8. The highest BCUT2D eigenvalue weighted by Gasteiger charge is 2.20. The molecule has 0 aliphatic heterocycles. The van der Waals surface area contributed by atoms with E-state index in [0.29, 0.717) is 34.5 Å². The van der Waals surface area contributed by atoms with Crippen LogP contribution in [0.1, 0.15) is 54.1 Å². The molecule has 0 saturated heterocycles. The Morgan fingerprint density at radius 2 is 1.78 bits per heavy atom. The van der Waals surface area contributed by atoms with Crippen LogP contribution >= 0.6 is 0 Å². The first-order valence-electron chi connectivity index (χ1n) is 11.8. The summed E-state index contributed by atoms with van der Waals surface area (Å²) in [5.41, 5.74) is 5.67. The molecule has 198 valence electrons. The summed E-state index contributed by atoms with van der Waals surface area (Å²) in [6.07, 6.45) is 2.54. The van der Waals surface area contributed by atoms with E-state index in [1.165, 1.54) is 17.5 Å². The van der Waals surface area contributed by atoms with Gasteiger partial charge in [0.25, 0.3) is 5.91 Å². The fraction of sp³-hybridized carbons (Fsp3) is 0.360. The van der Waals surface area contributed by atoms with Gasteiger partial charge in [-0.15, -0.1) is 0 Å². The zero-order valence-corrected chi connectivity index (χ0v) is 22.9. The van der Waals surface area contributed by atoms with E-state index in [-0.39, 0.29) is 18.1 Å². The van der Waals surface area contributed by atoms with E-state index in [9.17, 15) is 13.2 Å². The molecule has 0 aliphatic rings. The lowest BCUT2D eigenvalue weighted by Gasteiger charge is -2.23. The number of rotatable bonds is 10. The van der Waals surface area contributed by atoms with Gasteiger partial charge in [0.05, 0.1) is 35.5 Å². The van der Waals surface area contributed by atoms with Crippen molar-refractivity contribution < 1.29 is 18.0 Å². The largest absolute Gasteiger partial charge is 0.353 e. The Bertz CT molecular complexity index is 1370. The van der Waals surface area contributed by atoms with Crippen molar-refractivity contribution in [3.8, 4) is 0 Å². The van der Waals surface area contributed by atoms with E-state index in [4.69, 9.17) is 4.84 Å². The van der Waals surface area contributed by atoms with Gasteiger partial charge in [-0.25, -0.2) is 28.8 Å². The van der Waals surface area contributed by atoms with Crippen LogP contribution in [-0.2, 0) is 14.9 Å². The summed E-state index contributed by atoms with van der Waals surface area (Å²) in [7, 11) is -2.07. The Balaban J connectivity index is 2.09. The fourth-order valence-electron chi connectivity index (χ4n) is 3.51. The van der Waals surface area contributed by atoms with Crippen molar-refractivity contribution in [3.63, 3.8) is 0 Å². The van der Waals surface area contributed by atoms with Crippen LogP contribution in [0.3, 0.4) is 0 Å². The smallest absolute Gasteiger partial charge is 0.278 e. The monoisotopic (exact) mass is 527 g/mol. The Hall–Kier alpha value is -3.77. The van der Waals surface area contributed by atoms with Crippen LogP contribution in [0.4, 0.5) is 28.7 Å². The minimum atomic E-state index is -3.55. The molecule has 1 aromatic carbocycles. The molecule has 1 amide bonds. The molecule has 0 fully saturated rings. The number of nitrogens with zero attached hydrogens (tertiary/aromatic N) is 4. The highest BCUT2D eigenvalue weighted by Crippen LogP contribution is 2.34.